The van der Waals surface area contributed by atoms with Crippen molar-refractivity contribution >= 4 is 54.4 Å². The molecule has 0 amide bonds. The molecule has 8 aromatic carbocycles. The van der Waals surface area contributed by atoms with E-state index < -0.39 is 0 Å². The molecule has 0 aliphatic rings. The quantitative estimate of drug-likeness (QED) is 0.189. The minimum absolute atomic E-state index is 0.706. The second kappa shape index (κ2) is 10.1. The Labute approximate surface area is 270 Å². The summed E-state index contributed by atoms with van der Waals surface area (Å²) in [5.74, 6) is 0.706. The van der Waals surface area contributed by atoms with Crippen LogP contribution in [0.5, 0.6) is 0 Å². The summed E-state index contributed by atoms with van der Waals surface area (Å²) in [6, 6.07) is 55.4. The number of hydrogen-bond donors (Lipinski definition) is 0. The van der Waals surface area contributed by atoms with Gasteiger partial charge in [0.2, 0.25) is 0 Å². The van der Waals surface area contributed by atoms with E-state index in [1.807, 2.05) is 18.2 Å². The molecule has 0 aliphatic heterocycles. The predicted molar refractivity (Wildman–Crippen MR) is 195 cm³/mol. The lowest BCUT2D eigenvalue weighted by Crippen LogP contribution is -1.95. The molecule has 0 saturated heterocycles. The van der Waals surface area contributed by atoms with Gasteiger partial charge in [-0.3, -0.25) is 0 Å². The van der Waals surface area contributed by atoms with Crippen LogP contribution in [0.1, 0.15) is 0 Å². The third-order valence-electron chi connectivity index (χ3n) is 9.48. The molecule has 0 fully saturated rings. The summed E-state index contributed by atoms with van der Waals surface area (Å²) < 4.78 is 6.61. The zero-order valence-electron chi connectivity index (χ0n) is 25.3. The van der Waals surface area contributed by atoms with Crippen molar-refractivity contribution in [2.24, 2.45) is 0 Å². The molecular formula is C44H26N2O. The van der Waals surface area contributed by atoms with Crippen LogP contribution < -0.4 is 0 Å². The van der Waals surface area contributed by atoms with Crippen molar-refractivity contribution in [1.29, 1.82) is 0 Å². The van der Waals surface area contributed by atoms with Crippen molar-refractivity contribution in [3.05, 3.63) is 158 Å². The maximum atomic E-state index is 6.61. The van der Waals surface area contributed by atoms with Gasteiger partial charge in [0.05, 0.1) is 11.2 Å². The normalized spacial score (nSPS) is 11.8. The van der Waals surface area contributed by atoms with Gasteiger partial charge in [-0.1, -0.05) is 140 Å². The second-order valence-electron chi connectivity index (χ2n) is 12.1. The summed E-state index contributed by atoms with van der Waals surface area (Å²) in [5.41, 5.74) is 10.3. The van der Waals surface area contributed by atoms with Crippen LogP contribution in [0, 0.1) is 0 Å². The molecule has 0 spiro atoms. The highest BCUT2D eigenvalue weighted by Gasteiger charge is 2.20. The number of furan rings is 1. The first kappa shape index (κ1) is 26.0. The summed E-state index contributed by atoms with van der Waals surface area (Å²) >= 11 is 0. The molecule has 0 bridgehead atoms. The lowest BCUT2D eigenvalue weighted by molar-refractivity contribution is 0.670. The van der Waals surface area contributed by atoms with Crippen molar-refractivity contribution in [1.82, 2.24) is 9.97 Å². The third-order valence-corrected chi connectivity index (χ3v) is 9.48. The van der Waals surface area contributed by atoms with Crippen molar-refractivity contribution in [3.8, 4) is 44.9 Å². The van der Waals surface area contributed by atoms with Crippen LogP contribution in [0.25, 0.3) is 99.3 Å². The van der Waals surface area contributed by atoms with Gasteiger partial charge in [0.25, 0.3) is 0 Å². The van der Waals surface area contributed by atoms with E-state index in [4.69, 9.17) is 14.4 Å². The molecule has 0 atom stereocenters. The summed E-state index contributed by atoms with van der Waals surface area (Å²) in [6.45, 7) is 0. The molecule has 0 saturated carbocycles. The molecule has 0 radical (unpaired) electrons. The Morgan fingerprint density at radius 2 is 0.957 bits per heavy atom. The van der Waals surface area contributed by atoms with E-state index in [0.717, 1.165) is 50.0 Å². The molecule has 0 aliphatic carbocycles. The first-order valence-corrected chi connectivity index (χ1v) is 15.9. The van der Waals surface area contributed by atoms with E-state index >= 15 is 0 Å². The van der Waals surface area contributed by atoms with Gasteiger partial charge in [-0.2, -0.15) is 0 Å². The number of para-hydroxylation sites is 1. The number of hydrogen-bond acceptors (Lipinski definition) is 3. The molecular weight excluding hydrogens is 572 g/mol. The number of rotatable bonds is 4. The predicted octanol–water partition coefficient (Wildman–Crippen LogP) is 11.9. The maximum absolute atomic E-state index is 6.61. The molecule has 3 nitrogen and oxygen atoms in total. The summed E-state index contributed by atoms with van der Waals surface area (Å²) in [4.78, 5) is 10.1. The Hall–Kier alpha value is -6.32. The molecule has 2 aromatic heterocycles. The van der Waals surface area contributed by atoms with E-state index in [9.17, 15) is 0 Å². The topological polar surface area (TPSA) is 38.9 Å². The Morgan fingerprint density at radius 1 is 0.362 bits per heavy atom. The van der Waals surface area contributed by atoms with Gasteiger partial charge in [0, 0.05) is 32.8 Å². The molecule has 47 heavy (non-hydrogen) atoms. The minimum atomic E-state index is 0.706. The highest BCUT2D eigenvalue weighted by atomic mass is 16.3. The van der Waals surface area contributed by atoms with Crippen molar-refractivity contribution < 1.29 is 4.42 Å². The van der Waals surface area contributed by atoms with Gasteiger partial charge in [-0.15, -0.1) is 0 Å². The van der Waals surface area contributed by atoms with Gasteiger partial charge in [0.15, 0.2) is 5.82 Å². The van der Waals surface area contributed by atoms with Gasteiger partial charge in [-0.05, 0) is 56.4 Å². The third kappa shape index (κ3) is 4.00. The second-order valence-corrected chi connectivity index (χ2v) is 12.1. The zero-order valence-corrected chi connectivity index (χ0v) is 25.3. The van der Waals surface area contributed by atoms with E-state index in [2.05, 4.69) is 140 Å². The van der Waals surface area contributed by atoms with E-state index in [-0.39, 0.29) is 0 Å². The highest BCUT2D eigenvalue weighted by molar-refractivity contribution is 6.34. The maximum Gasteiger partial charge on any atom is 0.160 e. The summed E-state index contributed by atoms with van der Waals surface area (Å²) in [7, 11) is 0. The fourth-order valence-corrected chi connectivity index (χ4v) is 7.23. The van der Waals surface area contributed by atoms with Crippen LogP contribution in [-0.4, -0.2) is 9.97 Å². The van der Waals surface area contributed by atoms with Crippen molar-refractivity contribution in [2.75, 3.05) is 0 Å². The monoisotopic (exact) mass is 598 g/mol. The number of aromatic nitrogens is 2. The van der Waals surface area contributed by atoms with Crippen molar-refractivity contribution in [3.63, 3.8) is 0 Å². The average molecular weight is 599 g/mol. The molecule has 10 aromatic rings. The minimum Gasteiger partial charge on any atom is -0.455 e. The van der Waals surface area contributed by atoms with Crippen LogP contribution in [0.15, 0.2) is 162 Å². The number of fused-ring (bicyclic) bond motifs is 4. The van der Waals surface area contributed by atoms with Crippen LogP contribution in [0.4, 0.5) is 0 Å². The van der Waals surface area contributed by atoms with Crippen LogP contribution in [0.3, 0.4) is 0 Å². The lowest BCUT2D eigenvalue weighted by Gasteiger charge is -2.11. The Kier molecular flexibility index (Phi) is 5.57. The van der Waals surface area contributed by atoms with E-state index in [0.29, 0.717) is 5.82 Å². The van der Waals surface area contributed by atoms with E-state index in [1.54, 1.807) is 0 Å². The molecule has 218 valence electrons. The van der Waals surface area contributed by atoms with Gasteiger partial charge in [0.1, 0.15) is 11.2 Å². The van der Waals surface area contributed by atoms with Gasteiger partial charge < -0.3 is 4.42 Å². The van der Waals surface area contributed by atoms with Crippen LogP contribution >= 0.6 is 0 Å². The lowest BCUT2D eigenvalue weighted by atomic mass is 9.92. The average Bonchev–Trinajstić information content (AvgIpc) is 3.55. The molecule has 0 unspecified atom stereocenters. The fraction of sp³-hybridized carbons (Fsp3) is 0. The Morgan fingerprint density at radius 3 is 1.74 bits per heavy atom. The SMILES string of the molecule is c1ccc(-c2ccc(-c3nc(-c4ccc(-c5ccc6c7ccccc7c7cccc8oc5c6c87)cc4)nc4ccccc34)cc2)cc1. The molecule has 10 rings (SSSR count). The summed E-state index contributed by atoms with van der Waals surface area (Å²) in [6.07, 6.45) is 0. The Balaban J connectivity index is 1.08. The van der Waals surface area contributed by atoms with E-state index in [1.165, 1.54) is 43.4 Å². The first-order chi connectivity index (χ1) is 23.3. The highest BCUT2D eigenvalue weighted by Crippen LogP contribution is 2.45. The zero-order chi connectivity index (χ0) is 30.9. The largest absolute Gasteiger partial charge is 0.455 e. The van der Waals surface area contributed by atoms with Crippen molar-refractivity contribution in [2.45, 2.75) is 0 Å². The van der Waals surface area contributed by atoms with Crippen LogP contribution in [0.2, 0.25) is 0 Å². The summed E-state index contributed by atoms with van der Waals surface area (Å²) in [5, 5.41) is 8.39. The number of nitrogens with zero attached hydrogens (tertiary/aromatic N) is 2. The standard InChI is InChI=1S/C44H26N2O/c1-2-9-27(10-3-1)28-17-21-30(22-18-28)42-37-13-6-7-15-38(37)45-44(46-42)31-23-19-29(20-24-31)32-25-26-36-34-12-5-4-11-33(34)35-14-8-16-39-40(35)41(36)43(32)47-39/h1-26H. The molecule has 3 heteroatoms. The van der Waals surface area contributed by atoms with Gasteiger partial charge in [-0.25, -0.2) is 9.97 Å². The number of benzene rings is 8. The molecule has 0 N–H and O–H groups in total. The van der Waals surface area contributed by atoms with Crippen LogP contribution in [-0.2, 0) is 0 Å². The molecule has 2 heterocycles. The fourth-order valence-electron chi connectivity index (χ4n) is 7.23. The first-order valence-electron chi connectivity index (χ1n) is 15.9. The Bertz CT molecular complexity index is 2760. The van der Waals surface area contributed by atoms with Gasteiger partial charge >= 0.3 is 0 Å². The smallest absolute Gasteiger partial charge is 0.160 e.